The van der Waals surface area contributed by atoms with E-state index in [-0.39, 0.29) is 11.9 Å². The van der Waals surface area contributed by atoms with E-state index < -0.39 is 0 Å². The Labute approximate surface area is 195 Å². The lowest BCUT2D eigenvalue weighted by Gasteiger charge is -2.54. The lowest BCUT2D eigenvalue weighted by molar-refractivity contribution is 0.00131. The Morgan fingerprint density at radius 3 is 3.06 bits per heavy atom. The Bertz CT molecular complexity index is 1120. The third-order valence-corrected chi connectivity index (χ3v) is 8.71. The summed E-state index contributed by atoms with van der Waals surface area (Å²) in [4.78, 5) is 18.6. The number of ether oxygens (including phenoxy) is 1. The summed E-state index contributed by atoms with van der Waals surface area (Å²) in [7, 11) is 0. The molecule has 0 radical (unpaired) electrons. The first-order valence-electron chi connectivity index (χ1n) is 12.8. The fraction of sp³-hybridized carbons (Fsp3) is 0.556. The zero-order valence-corrected chi connectivity index (χ0v) is 19.1. The van der Waals surface area contributed by atoms with E-state index in [0.717, 1.165) is 62.0 Å². The quantitative estimate of drug-likeness (QED) is 0.710. The maximum atomic E-state index is 13.7. The normalized spacial score (nSPS) is 30.7. The monoisotopic (exact) mass is 444 g/mol. The average molecular weight is 445 g/mol. The van der Waals surface area contributed by atoms with Gasteiger partial charge in [0.15, 0.2) is 0 Å². The molecule has 0 unspecified atom stereocenters. The van der Waals surface area contributed by atoms with Gasteiger partial charge < -0.3 is 9.64 Å². The molecule has 6 nitrogen and oxygen atoms in total. The Hall–Kier alpha value is -2.60. The largest absolute Gasteiger partial charge is 0.493 e. The van der Waals surface area contributed by atoms with E-state index in [1.807, 2.05) is 18.2 Å². The molecule has 33 heavy (non-hydrogen) atoms. The molecule has 5 heterocycles. The van der Waals surface area contributed by atoms with E-state index in [9.17, 15) is 4.79 Å². The van der Waals surface area contributed by atoms with Crippen molar-refractivity contribution in [3.63, 3.8) is 0 Å². The Morgan fingerprint density at radius 1 is 1.12 bits per heavy atom. The first-order valence-corrected chi connectivity index (χ1v) is 12.8. The molecule has 0 saturated carbocycles. The molecule has 2 aromatic rings. The van der Waals surface area contributed by atoms with Gasteiger partial charge in [0.25, 0.3) is 5.91 Å². The summed E-state index contributed by atoms with van der Waals surface area (Å²) in [6.45, 7) is 3.97. The second-order valence-corrected chi connectivity index (χ2v) is 10.6. The predicted molar refractivity (Wildman–Crippen MR) is 126 cm³/mol. The summed E-state index contributed by atoms with van der Waals surface area (Å²) >= 11 is 0. The number of benzene rings is 1. The number of carbonyl (C=O) groups is 1. The van der Waals surface area contributed by atoms with Crippen LogP contribution in [0.3, 0.4) is 0 Å². The molecule has 1 aromatic heterocycles. The lowest BCUT2D eigenvalue weighted by Crippen LogP contribution is -2.60. The lowest BCUT2D eigenvalue weighted by atomic mass is 9.68. The number of aromatic nitrogens is 2. The molecule has 1 N–H and O–H groups in total. The van der Waals surface area contributed by atoms with E-state index in [1.54, 1.807) is 0 Å². The van der Waals surface area contributed by atoms with E-state index in [1.165, 1.54) is 43.4 Å². The highest BCUT2D eigenvalue weighted by molar-refractivity contribution is 5.94. The van der Waals surface area contributed by atoms with E-state index in [4.69, 9.17) is 4.74 Å². The van der Waals surface area contributed by atoms with Crippen LogP contribution in [0.5, 0.6) is 5.75 Å². The third-order valence-electron chi connectivity index (χ3n) is 8.71. The van der Waals surface area contributed by atoms with Gasteiger partial charge in [-0.3, -0.25) is 14.8 Å². The number of nitrogens with one attached hydrogen (secondary N) is 1. The number of aromatic amines is 1. The van der Waals surface area contributed by atoms with Crippen LogP contribution in [0, 0.1) is 11.8 Å². The van der Waals surface area contributed by atoms with Gasteiger partial charge in [0.1, 0.15) is 11.4 Å². The number of likely N-dealkylation sites (tertiary alicyclic amines) is 1. The SMILES string of the molecule is O=C(c1cc(-c2ccc3c(c2)CCO3)n[nH]1)N1CCCC2=C[C@H]3C[C@H](CN4CCCC[C@@H]34)[C@H]21. The highest BCUT2D eigenvalue weighted by Gasteiger charge is 2.47. The number of piperidine rings is 3. The maximum absolute atomic E-state index is 13.7. The summed E-state index contributed by atoms with van der Waals surface area (Å²) in [6.07, 6.45) is 11.0. The van der Waals surface area contributed by atoms with Crippen LogP contribution in [-0.4, -0.2) is 64.2 Å². The van der Waals surface area contributed by atoms with Crippen LogP contribution in [0.4, 0.5) is 0 Å². The zero-order valence-electron chi connectivity index (χ0n) is 19.1. The van der Waals surface area contributed by atoms with Gasteiger partial charge in [-0.1, -0.05) is 18.1 Å². The van der Waals surface area contributed by atoms with Crippen LogP contribution < -0.4 is 4.74 Å². The van der Waals surface area contributed by atoms with Gasteiger partial charge in [0.05, 0.1) is 18.3 Å². The summed E-state index contributed by atoms with van der Waals surface area (Å²) in [6, 6.07) is 9.13. The summed E-state index contributed by atoms with van der Waals surface area (Å²) < 4.78 is 5.63. The first kappa shape index (κ1) is 19.8. The van der Waals surface area contributed by atoms with Crippen LogP contribution in [0.1, 0.15) is 54.6 Å². The molecule has 6 heteroatoms. The van der Waals surface area contributed by atoms with E-state index >= 15 is 0 Å². The number of hydrogen-bond acceptors (Lipinski definition) is 4. The van der Waals surface area contributed by atoms with Crippen molar-refractivity contribution in [2.24, 2.45) is 11.8 Å². The molecule has 3 saturated heterocycles. The number of hydrogen-bond donors (Lipinski definition) is 1. The summed E-state index contributed by atoms with van der Waals surface area (Å²) in [5, 5.41) is 7.58. The molecule has 5 aliphatic rings. The highest BCUT2D eigenvalue weighted by atomic mass is 16.5. The van der Waals surface area contributed by atoms with E-state index in [2.05, 4.69) is 32.1 Å². The number of fused-ring (bicyclic) bond motifs is 7. The van der Waals surface area contributed by atoms with Gasteiger partial charge in [-0.15, -0.1) is 0 Å². The van der Waals surface area contributed by atoms with Crippen molar-refractivity contribution in [3.8, 4) is 17.0 Å². The van der Waals surface area contributed by atoms with Gasteiger partial charge >= 0.3 is 0 Å². The number of H-pyrrole nitrogens is 1. The van der Waals surface area contributed by atoms with Crippen LogP contribution in [-0.2, 0) is 6.42 Å². The molecular weight excluding hydrogens is 412 g/mol. The van der Waals surface area contributed by atoms with Gasteiger partial charge in [0.2, 0.25) is 0 Å². The predicted octanol–water partition coefficient (Wildman–Crippen LogP) is 4.05. The van der Waals surface area contributed by atoms with Crippen LogP contribution in [0.15, 0.2) is 35.9 Å². The van der Waals surface area contributed by atoms with E-state index in [0.29, 0.717) is 17.5 Å². The molecule has 2 bridgehead atoms. The summed E-state index contributed by atoms with van der Waals surface area (Å²) in [5.41, 5.74) is 5.23. The van der Waals surface area contributed by atoms with Gasteiger partial charge in [-0.2, -0.15) is 5.10 Å². The summed E-state index contributed by atoms with van der Waals surface area (Å²) in [5.74, 6) is 2.32. The van der Waals surface area contributed by atoms with Crippen molar-refractivity contribution in [3.05, 3.63) is 47.2 Å². The van der Waals surface area contributed by atoms with Crippen LogP contribution >= 0.6 is 0 Å². The van der Waals surface area contributed by atoms with Gasteiger partial charge in [0, 0.05) is 31.1 Å². The molecule has 1 amide bonds. The second-order valence-electron chi connectivity index (χ2n) is 10.6. The van der Waals surface area contributed by atoms with Gasteiger partial charge in [-0.25, -0.2) is 0 Å². The molecular formula is C27H32N4O2. The fourth-order valence-corrected chi connectivity index (χ4v) is 7.28. The number of amides is 1. The third kappa shape index (κ3) is 3.25. The molecule has 4 aliphatic heterocycles. The standard InChI is InChI=1S/C27H32N4O2/c32-27(23-15-22(28-29-23)17-6-7-25-18(12-17)8-11-33-25)31-10-3-4-19-13-20-14-21(26(19)31)16-30-9-2-1-5-24(20)30/h6-7,12-13,15,20-21,24,26H,1-5,8-11,14,16H2,(H,28,29)/t20-,21+,24-,26-/m0/s1. The highest BCUT2D eigenvalue weighted by Crippen LogP contribution is 2.45. The molecule has 172 valence electrons. The Kier molecular flexibility index (Phi) is 4.64. The van der Waals surface area contributed by atoms with Crippen LogP contribution in [0.25, 0.3) is 11.3 Å². The molecule has 0 spiro atoms. The topological polar surface area (TPSA) is 61.5 Å². The Balaban J connectivity index is 1.16. The smallest absolute Gasteiger partial charge is 0.272 e. The molecule has 1 aromatic carbocycles. The van der Waals surface area contributed by atoms with Crippen molar-refractivity contribution >= 4 is 5.91 Å². The van der Waals surface area contributed by atoms with Crippen molar-refractivity contribution < 1.29 is 9.53 Å². The average Bonchev–Trinajstić information content (AvgIpc) is 3.53. The second kappa shape index (κ2) is 7.73. The van der Waals surface area contributed by atoms with Crippen molar-refractivity contribution in [2.75, 3.05) is 26.2 Å². The minimum absolute atomic E-state index is 0.105. The van der Waals surface area contributed by atoms with Gasteiger partial charge in [-0.05, 0) is 80.3 Å². The molecule has 7 rings (SSSR count). The first-order chi connectivity index (χ1) is 16.2. The van der Waals surface area contributed by atoms with Crippen LogP contribution in [0.2, 0.25) is 0 Å². The number of rotatable bonds is 2. The Morgan fingerprint density at radius 2 is 2.09 bits per heavy atom. The minimum Gasteiger partial charge on any atom is -0.493 e. The fourth-order valence-electron chi connectivity index (χ4n) is 7.28. The molecule has 1 aliphatic carbocycles. The van der Waals surface area contributed by atoms with Crippen molar-refractivity contribution in [2.45, 2.75) is 57.0 Å². The van der Waals surface area contributed by atoms with Crippen molar-refractivity contribution in [1.82, 2.24) is 20.0 Å². The molecule has 3 fully saturated rings. The minimum atomic E-state index is 0.105. The zero-order chi connectivity index (χ0) is 21.9. The molecule has 4 atom stereocenters. The number of carbonyl (C=O) groups excluding carboxylic acids is 1. The van der Waals surface area contributed by atoms with Crippen molar-refractivity contribution in [1.29, 1.82) is 0 Å². The maximum Gasteiger partial charge on any atom is 0.272 e. The number of nitrogens with zero attached hydrogens (tertiary/aromatic N) is 3.